The Morgan fingerprint density at radius 3 is 2.50 bits per heavy atom. The summed E-state index contributed by atoms with van der Waals surface area (Å²) < 4.78 is 1.86. The van der Waals surface area contributed by atoms with E-state index in [9.17, 15) is 0 Å². The van der Waals surface area contributed by atoms with E-state index < -0.39 is 0 Å². The van der Waals surface area contributed by atoms with Gasteiger partial charge in [0.25, 0.3) is 0 Å². The number of hydrogen-bond acceptors (Lipinski definition) is 6. The van der Waals surface area contributed by atoms with Gasteiger partial charge in [-0.05, 0) is 54.6 Å². The van der Waals surface area contributed by atoms with Gasteiger partial charge in [0.15, 0.2) is 11.5 Å². The zero-order chi connectivity index (χ0) is 19.1. The van der Waals surface area contributed by atoms with E-state index in [1.54, 1.807) is 11.3 Å². The quantitative estimate of drug-likeness (QED) is 0.533. The van der Waals surface area contributed by atoms with Crippen LogP contribution in [0, 0.1) is 13.8 Å². The zero-order valence-corrected chi connectivity index (χ0v) is 16.9. The average molecular weight is 391 g/mol. The lowest BCUT2D eigenvalue weighted by molar-refractivity contribution is 0.640. The number of nitrogens with zero attached hydrogens (tertiary/aromatic N) is 6. The van der Waals surface area contributed by atoms with Crippen LogP contribution in [-0.2, 0) is 0 Å². The van der Waals surface area contributed by atoms with Gasteiger partial charge in [-0.25, -0.2) is 0 Å². The van der Waals surface area contributed by atoms with Gasteiger partial charge in [0, 0.05) is 42.8 Å². The predicted octanol–water partition coefficient (Wildman–Crippen LogP) is 3.80. The normalized spacial score (nSPS) is 14.8. The van der Waals surface area contributed by atoms with Crippen molar-refractivity contribution in [3.05, 3.63) is 58.3 Å². The van der Waals surface area contributed by atoms with Crippen molar-refractivity contribution in [2.24, 2.45) is 0 Å². The van der Waals surface area contributed by atoms with Gasteiger partial charge in [-0.1, -0.05) is 12.1 Å². The maximum absolute atomic E-state index is 4.85. The van der Waals surface area contributed by atoms with Crippen molar-refractivity contribution in [1.29, 1.82) is 0 Å². The van der Waals surface area contributed by atoms with Crippen LogP contribution < -0.4 is 9.80 Å². The van der Waals surface area contributed by atoms with Gasteiger partial charge in [0.2, 0.25) is 0 Å². The summed E-state index contributed by atoms with van der Waals surface area (Å²) in [5.74, 6) is 1.77. The van der Waals surface area contributed by atoms with E-state index >= 15 is 0 Å². The molecule has 142 valence electrons. The Hall–Kier alpha value is -2.93. The minimum Gasteiger partial charge on any atom is -0.368 e. The van der Waals surface area contributed by atoms with Crippen LogP contribution in [0.25, 0.3) is 17.0 Å². The second kappa shape index (κ2) is 6.91. The second-order valence-corrected chi connectivity index (χ2v) is 7.97. The van der Waals surface area contributed by atoms with Crippen molar-refractivity contribution < 1.29 is 0 Å². The molecule has 5 rings (SSSR count). The molecule has 0 atom stereocenters. The van der Waals surface area contributed by atoms with Crippen molar-refractivity contribution in [3.63, 3.8) is 0 Å². The van der Waals surface area contributed by atoms with Crippen LogP contribution in [0.1, 0.15) is 11.1 Å². The first-order chi connectivity index (χ1) is 13.7. The number of rotatable bonds is 3. The molecule has 28 heavy (non-hydrogen) atoms. The molecule has 1 saturated heterocycles. The lowest BCUT2D eigenvalue weighted by atomic mass is 10.1. The molecule has 7 heteroatoms. The van der Waals surface area contributed by atoms with Gasteiger partial charge in [0.05, 0.1) is 0 Å². The number of aryl methyl sites for hydroxylation is 1. The van der Waals surface area contributed by atoms with E-state index in [0.717, 1.165) is 49.0 Å². The highest BCUT2D eigenvalue weighted by atomic mass is 32.1. The maximum Gasteiger partial charge on any atom is 0.186 e. The molecular weight excluding hydrogens is 368 g/mol. The fraction of sp³-hybridized carbons (Fsp3) is 0.286. The van der Waals surface area contributed by atoms with E-state index in [1.165, 1.54) is 16.8 Å². The van der Waals surface area contributed by atoms with Gasteiger partial charge in [-0.2, -0.15) is 15.9 Å². The number of anilines is 2. The van der Waals surface area contributed by atoms with E-state index in [4.69, 9.17) is 5.10 Å². The summed E-state index contributed by atoms with van der Waals surface area (Å²) in [6, 6.07) is 12.7. The molecule has 0 bridgehead atoms. The maximum atomic E-state index is 4.85. The topological polar surface area (TPSA) is 49.6 Å². The number of hydrogen-bond donors (Lipinski definition) is 0. The Kier molecular flexibility index (Phi) is 4.24. The first kappa shape index (κ1) is 17.2. The Labute approximate surface area is 168 Å². The average Bonchev–Trinajstić information content (AvgIpc) is 3.39. The van der Waals surface area contributed by atoms with Crippen LogP contribution in [0.3, 0.4) is 0 Å². The van der Waals surface area contributed by atoms with Crippen molar-refractivity contribution in [2.45, 2.75) is 13.8 Å². The zero-order valence-electron chi connectivity index (χ0n) is 16.0. The summed E-state index contributed by atoms with van der Waals surface area (Å²) >= 11 is 1.65. The van der Waals surface area contributed by atoms with Gasteiger partial charge in [-0.3, -0.25) is 0 Å². The summed E-state index contributed by atoms with van der Waals surface area (Å²) in [7, 11) is 0. The van der Waals surface area contributed by atoms with Crippen LogP contribution in [0.4, 0.5) is 11.5 Å². The van der Waals surface area contributed by atoms with Crippen molar-refractivity contribution in [1.82, 2.24) is 19.8 Å². The van der Waals surface area contributed by atoms with Crippen molar-refractivity contribution in [2.75, 3.05) is 36.0 Å². The smallest absolute Gasteiger partial charge is 0.186 e. The molecule has 1 aliphatic heterocycles. The third kappa shape index (κ3) is 2.92. The van der Waals surface area contributed by atoms with Gasteiger partial charge < -0.3 is 9.80 Å². The highest BCUT2D eigenvalue weighted by molar-refractivity contribution is 7.08. The molecule has 3 aromatic heterocycles. The van der Waals surface area contributed by atoms with Gasteiger partial charge in [-0.15, -0.1) is 15.3 Å². The Morgan fingerprint density at radius 1 is 0.893 bits per heavy atom. The largest absolute Gasteiger partial charge is 0.368 e. The van der Waals surface area contributed by atoms with Gasteiger partial charge in [0.1, 0.15) is 5.82 Å². The first-order valence-electron chi connectivity index (χ1n) is 9.52. The Balaban J connectivity index is 1.38. The van der Waals surface area contributed by atoms with Crippen molar-refractivity contribution >= 4 is 28.5 Å². The van der Waals surface area contributed by atoms with Crippen LogP contribution >= 0.6 is 11.3 Å². The van der Waals surface area contributed by atoms with Crippen LogP contribution in [0.5, 0.6) is 0 Å². The Bertz CT molecular complexity index is 1110. The predicted molar refractivity (Wildman–Crippen MR) is 114 cm³/mol. The minimum absolute atomic E-state index is 0.777. The summed E-state index contributed by atoms with van der Waals surface area (Å²) in [5, 5.41) is 17.6. The molecule has 6 nitrogen and oxygen atoms in total. The van der Waals surface area contributed by atoms with Crippen molar-refractivity contribution in [3.8, 4) is 11.4 Å². The fourth-order valence-corrected chi connectivity index (χ4v) is 4.41. The lowest BCUT2D eigenvalue weighted by Gasteiger charge is -2.37. The molecular formula is C21H22N6S. The molecule has 0 saturated carbocycles. The highest BCUT2D eigenvalue weighted by Crippen LogP contribution is 2.26. The summed E-state index contributed by atoms with van der Waals surface area (Å²) in [6.07, 6.45) is 0. The van der Waals surface area contributed by atoms with Gasteiger partial charge >= 0.3 is 0 Å². The summed E-state index contributed by atoms with van der Waals surface area (Å²) in [5.41, 5.74) is 5.91. The highest BCUT2D eigenvalue weighted by Gasteiger charge is 2.21. The third-order valence-corrected chi connectivity index (χ3v) is 6.23. The third-order valence-electron chi connectivity index (χ3n) is 5.55. The minimum atomic E-state index is 0.777. The van der Waals surface area contributed by atoms with E-state index in [0.29, 0.717) is 0 Å². The monoisotopic (exact) mass is 390 g/mol. The molecule has 4 aromatic rings. The molecule has 0 radical (unpaired) electrons. The summed E-state index contributed by atoms with van der Waals surface area (Å²) in [6.45, 7) is 8.26. The van der Waals surface area contributed by atoms with E-state index in [2.05, 4.69) is 69.6 Å². The van der Waals surface area contributed by atoms with E-state index in [-0.39, 0.29) is 0 Å². The SMILES string of the molecule is Cc1cccc(N2CCN(c3ccc4nnc(-c5ccsc5)n4n3)CC2)c1C. The van der Waals surface area contributed by atoms with Crippen LogP contribution in [0.15, 0.2) is 47.2 Å². The molecule has 0 amide bonds. The molecule has 0 spiro atoms. The molecule has 0 unspecified atom stereocenters. The number of aromatic nitrogens is 4. The number of fused-ring (bicyclic) bond motifs is 1. The standard InChI is InChI=1S/C21H22N6S/c1-15-4-3-5-18(16(15)2)25-9-11-26(12-10-25)20-7-6-19-22-23-21(27(19)24-20)17-8-13-28-14-17/h3-8,13-14H,9-12H2,1-2H3. The Morgan fingerprint density at radius 2 is 1.71 bits per heavy atom. The van der Waals surface area contributed by atoms with E-state index in [1.807, 2.05) is 16.0 Å². The fourth-order valence-electron chi connectivity index (χ4n) is 3.77. The first-order valence-corrected chi connectivity index (χ1v) is 10.5. The second-order valence-electron chi connectivity index (χ2n) is 7.19. The lowest BCUT2D eigenvalue weighted by Crippen LogP contribution is -2.47. The molecule has 0 aliphatic carbocycles. The molecule has 1 fully saturated rings. The van der Waals surface area contributed by atoms with Crippen LogP contribution in [-0.4, -0.2) is 46.0 Å². The molecule has 4 heterocycles. The number of piperazine rings is 1. The number of benzene rings is 1. The molecule has 1 aliphatic rings. The number of thiophene rings is 1. The van der Waals surface area contributed by atoms with Crippen LogP contribution in [0.2, 0.25) is 0 Å². The molecule has 1 aromatic carbocycles. The summed E-state index contributed by atoms with van der Waals surface area (Å²) in [4.78, 5) is 4.82. The molecule has 0 N–H and O–H groups in total.